The number of ether oxygens (including phenoxy) is 1. The van der Waals surface area contributed by atoms with E-state index in [0.29, 0.717) is 18.8 Å². The fraction of sp³-hybridized carbons (Fsp3) is 0.208. The Morgan fingerprint density at radius 1 is 0.939 bits per heavy atom. The molecule has 9 heteroatoms. The van der Waals surface area contributed by atoms with E-state index >= 15 is 0 Å². The smallest absolute Gasteiger partial charge is 0.262 e. The highest BCUT2D eigenvalue weighted by atomic mass is 32.2. The van der Waals surface area contributed by atoms with Gasteiger partial charge < -0.3 is 20.5 Å². The monoisotopic (exact) mass is 469 g/mol. The molecule has 0 bridgehead atoms. The van der Waals surface area contributed by atoms with Crippen molar-refractivity contribution in [1.82, 2.24) is 4.31 Å². The third-order valence-corrected chi connectivity index (χ3v) is 6.92. The van der Waals surface area contributed by atoms with Crippen molar-refractivity contribution in [3.8, 4) is 11.5 Å². The zero-order valence-corrected chi connectivity index (χ0v) is 19.3. The number of aromatic hydroxyl groups is 1. The van der Waals surface area contributed by atoms with Crippen LogP contribution in [0.2, 0.25) is 0 Å². The van der Waals surface area contributed by atoms with Crippen molar-refractivity contribution in [2.75, 3.05) is 30.3 Å². The summed E-state index contributed by atoms with van der Waals surface area (Å²) in [7, 11) is -3.72. The summed E-state index contributed by atoms with van der Waals surface area (Å²) in [6.45, 7) is 3.80. The first kappa shape index (κ1) is 24.1. The Bertz CT molecular complexity index is 1180. The first-order chi connectivity index (χ1) is 15.8. The molecule has 0 spiro atoms. The highest BCUT2D eigenvalue weighted by molar-refractivity contribution is 7.89. The molecule has 33 heavy (non-hydrogen) atoms. The summed E-state index contributed by atoms with van der Waals surface area (Å²) >= 11 is 0. The third-order valence-electron chi connectivity index (χ3n) is 4.87. The zero-order valence-electron chi connectivity index (χ0n) is 18.5. The van der Waals surface area contributed by atoms with Crippen LogP contribution < -0.4 is 15.4 Å². The summed E-state index contributed by atoms with van der Waals surface area (Å²) in [4.78, 5) is 12.3. The summed E-state index contributed by atoms with van der Waals surface area (Å²) < 4.78 is 32.2. The van der Waals surface area contributed by atoms with Gasteiger partial charge in [0.2, 0.25) is 10.0 Å². The molecule has 3 aromatic rings. The lowest BCUT2D eigenvalue weighted by atomic mass is 10.2. The summed E-state index contributed by atoms with van der Waals surface area (Å²) in [6.07, 6.45) is 0. The van der Waals surface area contributed by atoms with E-state index in [1.165, 1.54) is 22.5 Å². The quantitative estimate of drug-likeness (QED) is 0.385. The van der Waals surface area contributed by atoms with Crippen LogP contribution in [0.25, 0.3) is 0 Å². The second kappa shape index (κ2) is 10.8. The van der Waals surface area contributed by atoms with Gasteiger partial charge in [-0.05, 0) is 54.6 Å². The van der Waals surface area contributed by atoms with E-state index in [-0.39, 0.29) is 22.9 Å². The van der Waals surface area contributed by atoms with Crippen LogP contribution in [-0.2, 0) is 14.8 Å². The van der Waals surface area contributed by atoms with Crippen LogP contribution in [0, 0.1) is 0 Å². The average Bonchev–Trinajstić information content (AvgIpc) is 2.81. The molecular weight excluding hydrogens is 442 g/mol. The van der Waals surface area contributed by atoms with Crippen LogP contribution in [-0.4, -0.2) is 43.4 Å². The molecule has 3 aromatic carbocycles. The lowest BCUT2D eigenvalue weighted by Crippen LogP contribution is -2.30. The molecule has 3 rings (SSSR count). The lowest BCUT2D eigenvalue weighted by molar-refractivity contribution is -0.118. The van der Waals surface area contributed by atoms with Gasteiger partial charge in [0.1, 0.15) is 11.5 Å². The molecule has 0 aliphatic heterocycles. The third kappa shape index (κ3) is 6.24. The molecule has 0 heterocycles. The Labute approximate surface area is 193 Å². The number of carbonyl (C=O) groups is 1. The minimum Gasteiger partial charge on any atom is -0.506 e. The molecule has 0 unspecified atom stereocenters. The number of para-hydroxylation sites is 1. The Kier molecular flexibility index (Phi) is 7.92. The van der Waals surface area contributed by atoms with Crippen molar-refractivity contribution in [3.05, 3.63) is 72.8 Å². The molecule has 0 aliphatic rings. The topological polar surface area (TPSA) is 108 Å². The summed E-state index contributed by atoms with van der Waals surface area (Å²) in [6, 6.07) is 20.6. The van der Waals surface area contributed by atoms with Crippen molar-refractivity contribution >= 4 is 33.0 Å². The second-order valence-corrected chi connectivity index (χ2v) is 9.06. The molecular formula is C24H27N3O5S. The number of hydrogen-bond donors (Lipinski definition) is 3. The molecule has 0 fully saturated rings. The number of sulfonamides is 1. The van der Waals surface area contributed by atoms with Crippen LogP contribution in [0.5, 0.6) is 11.5 Å². The van der Waals surface area contributed by atoms with Crippen LogP contribution in [0.4, 0.5) is 17.1 Å². The van der Waals surface area contributed by atoms with Gasteiger partial charge in [-0.15, -0.1) is 0 Å². The Morgan fingerprint density at radius 2 is 1.58 bits per heavy atom. The molecule has 1 amide bonds. The highest BCUT2D eigenvalue weighted by Gasteiger charge is 2.23. The van der Waals surface area contributed by atoms with E-state index < -0.39 is 15.9 Å². The van der Waals surface area contributed by atoms with Gasteiger partial charge in [-0.2, -0.15) is 4.31 Å². The van der Waals surface area contributed by atoms with Crippen LogP contribution >= 0.6 is 0 Å². The van der Waals surface area contributed by atoms with Crippen molar-refractivity contribution in [2.24, 2.45) is 0 Å². The predicted octanol–water partition coefficient (Wildman–Crippen LogP) is 4.18. The van der Waals surface area contributed by atoms with Gasteiger partial charge in [0.05, 0.1) is 10.6 Å². The number of nitrogens with one attached hydrogen (secondary N) is 2. The molecule has 174 valence electrons. The SMILES string of the molecule is CCN(CC)S(=O)(=O)c1ccc(O)c(NC(=O)COc2ccc(Nc3ccccc3)cc2)c1. The number of hydrogen-bond acceptors (Lipinski definition) is 6. The van der Waals surface area contributed by atoms with Crippen LogP contribution in [0.15, 0.2) is 77.7 Å². The number of rotatable bonds is 10. The van der Waals surface area contributed by atoms with E-state index in [1.807, 2.05) is 42.5 Å². The summed E-state index contributed by atoms with van der Waals surface area (Å²) in [5.74, 6) is -0.279. The maximum atomic E-state index is 12.7. The van der Waals surface area contributed by atoms with E-state index in [9.17, 15) is 18.3 Å². The lowest BCUT2D eigenvalue weighted by Gasteiger charge is -2.19. The number of phenolic OH excluding ortho intramolecular Hbond substituents is 1. The van der Waals surface area contributed by atoms with Crippen molar-refractivity contribution < 1.29 is 23.1 Å². The van der Waals surface area contributed by atoms with Gasteiger partial charge >= 0.3 is 0 Å². The number of amides is 1. The number of nitrogens with zero attached hydrogens (tertiary/aromatic N) is 1. The molecule has 0 saturated carbocycles. The van der Waals surface area contributed by atoms with Gasteiger partial charge in [-0.1, -0.05) is 32.0 Å². The largest absolute Gasteiger partial charge is 0.506 e. The van der Waals surface area contributed by atoms with Crippen molar-refractivity contribution in [3.63, 3.8) is 0 Å². The molecule has 0 atom stereocenters. The van der Waals surface area contributed by atoms with Crippen molar-refractivity contribution in [1.29, 1.82) is 0 Å². The number of phenols is 1. The zero-order chi connectivity index (χ0) is 23.8. The molecule has 0 aromatic heterocycles. The van der Waals surface area contributed by atoms with E-state index in [0.717, 1.165) is 11.4 Å². The number of anilines is 3. The van der Waals surface area contributed by atoms with Gasteiger partial charge in [0.15, 0.2) is 6.61 Å². The fourth-order valence-corrected chi connectivity index (χ4v) is 4.63. The highest BCUT2D eigenvalue weighted by Crippen LogP contribution is 2.28. The second-order valence-electron chi connectivity index (χ2n) is 7.12. The van der Waals surface area contributed by atoms with Crippen LogP contribution in [0.3, 0.4) is 0 Å². The number of carbonyl (C=O) groups excluding carboxylic acids is 1. The molecule has 0 aliphatic carbocycles. The minimum absolute atomic E-state index is 0.000704. The molecule has 0 saturated heterocycles. The van der Waals surface area contributed by atoms with Gasteiger partial charge in [0, 0.05) is 24.5 Å². The predicted molar refractivity (Wildman–Crippen MR) is 129 cm³/mol. The van der Waals surface area contributed by atoms with Crippen LogP contribution in [0.1, 0.15) is 13.8 Å². The van der Waals surface area contributed by atoms with Gasteiger partial charge in [-0.3, -0.25) is 4.79 Å². The molecule has 3 N–H and O–H groups in total. The van der Waals surface area contributed by atoms with Crippen molar-refractivity contribution in [2.45, 2.75) is 18.7 Å². The van der Waals surface area contributed by atoms with E-state index in [4.69, 9.17) is 4.74 Å². The molecule has 0 radical (unpaired) electrons. The fourth-order valence-electron chi connectivity index (χ4n) is 3.15. The minimum atomic E-state index is -3.72. The Balaban J connectivity index is 1.61. The Morgan fingerprint density at radius 3 is 2.21 bits per heavy atom. The van der Waals surface area contributed by atoms with E-state index in [2.05, 4.69) is 10.6 Å². The Hall–Kier alpha value is -3.56. The van der Waals surface area contributed by atoms with Gasteiger partial charge in [-0.25, -0.2) is 8.42 Å². The first-order valence-electron chi connectivity index (χ1n) is 10.5. The maximum absolute atomic E-state index is 12.7. The summed E-state index contributed by atoms with van der Waals surface area (Å²) in [5.41, 5.74) is 1.82. The van der Waals surface area contributed by atoms with Gasteiger partial charge in [0.25, 0.3) is 5.91 Å². The van der Waals surface area contributed by atoms with E-state index in [1.54, 1.807) is 26.0 Å². The molecule has 8 nitrogen and oxygen atoms in total. The standard InChI is InChI=1S/C24H27N3O5S/c1-3-27(4-2)33(30,31)21-14-15-23(28)22(16-21)26-24(29)17-32-20-12-10-19(11-13-20)25-18-8-6-5-7-9-18/h5-16,25,28H,3-4,17H2,1-2H3,(H,26,29). The summed E-state index contributed by atoms with van der Waals surface area (Å²) in [5, 5.41) is 15.8. The number of benzene rings is 3. The first-order valence-corrected chi connectivity index (χ1v) is 12.0. The average molecular weight is 470 g/mol. The normalized spacial score (nSPS) is 11.2. The maximum Gasteiger partial charge on any atom is 0.262 e.